The molecule has 1 saturated carbocycles. The van der Waals surface area contributed by atoms with Crippen LogP contribution in [0.4, 0.5) is 0 Å². The molecular weight excluding hydrogens is 172 g/mol. The highest BCUT2D eigenvalue weighted by atomic mass is 32.2. The number of hydrogen-bond donors (Lipinski definition) is 1. The average Bonchev–Trinajstić information content (AvgIpc) is 2.03. The van der Waals surface area contributed by atoms with Gasteiger partial charge >= 0.3 is 5.97 Å². The van der Waals surface area contributed by atoms with Crippen LogP contribution in [0.3, 0.4) is 0 Å². The van der Waals surface area contributed by atoms with Gasteiger partial charge in [0.15, 0.2) is 0 Å². The minimum Gasteiger partial charge on any atom is -0.481 e. The molecule has 0 amide bonds. The molecule has 0 saturated heterocycles. The molecule has 0 aromatic heterocycles. The lowest BCUT2D eigenvalue weighted by Gasteiger charge is -2.27. The molecule has 0 spiro atoms. The van der Waals surface area contributed by atoms with Crippen molar-refractivity contribution in [3.8, 4) is 0 Å². The van der Waals surface area contributed by atoms with Crippen LogP contribution in [-0.2, 0) is 4.79 Å². The van der Waals surface area contributed by atoms with Crippen molar-refractivity contribution in [1.82, 2.24) is 0 Å². The summed E-state index contributed by atoms with van der Waals surface area (Å²) in [5, 5.41) is 9.10. The smallest absolute Gasteiger partial charge is 0.313 e. The van der Waals surface area contributed by atoms with Crippen molar-refractivity contribution in [2.24, 2.45) is 5.92 Å². The van der Waals surface area contributed by atoms with Crippen molar-refractivity contribution in [3.63, 3.8) is 0 Å². The number of aliphatic carboxylic acids is 1. The summed E-state index contributed by atoms with van der Waals surface area (Å²) in [6, 6.07) is 0. The predicted molar refractivity (Wildman–Crippen MR) is 51.5 cm³/mol. The van der Waals surface area contributed by atoms with Gasteiger partial charge in [0.25, 0.3) is 0 Å². The number of rotatable bonds is 3. The molecule has 70 valence electrons. The SMILES string of the molecule is CC1CCCCC1SCC(=O)O. The van der Waals surface area contributed by atoms with Gasteiger partial charge in [-0.2, -0.15) is 0 Å². The maximum Gasteiger partial charge on any atom is 0.313 e. The lowest BCUT2D eigenvalue weighted by molar-refractivity contribution is -0.133. The van der Waals surface area contributed by atoms with Gasteiger partial charge in [0.2, 0.25) is 0 Å². The summed E-state index contributed by atoms with van der Waals surface area (Å²) >= 11 is 1.61. The van der Waals surface area contributed by atoms with Crippen LogP contribution in [0.25, 0.3) is 0 Å². The van der Waals surface area contributed by atoms with Gasteiger partial charge < -0.3 is 5.11 Å². The Bertz CT molecular complexity index is 159. The standard InChI is InChI=1S/C9H16O2S/c1-7-4-2-3-5-8(7)12-6-9(10)11/h7-8H,2-6H2,1H3,(H,10,11). The first-order chi connectivity index (χ1) is 5.70. The van der Waals surface area contributed by atoms with Crippen LogP contribution in [0.1, 0.15) is 32.6 Å². The van der Waals surface area contributed by atoms with Crippen LogP contribution in [0.15, 0.2) is 0 Å². The van der Waals surface area contributed by atoms with Gasteiger partial charge in [-0.25, -0.2) is 0 Å². The molecule has 0 bridgehead atoms. The molecule has 0 radical (unpaired) electrons. The van der Waals surface area contributed by atoms with Crippen molar-refractivity contribution in [3.05, 3.63) is 0 Å². The molecule has 0 heterocycles. The lowest BCUT2D eigenvalue weighted by Crippen LogP contribution is -2.20. The number of hydrogen-bond acceptors (Lipinski definition) is 2. The third kappa shape index (κ3) is 3.05. The molecule has 3 heteroatoms. The van der Waals surface area contributed by atoms with Crippen LogP contribution in [0.5, 0.6) is 0 Å². The summed E-state index contributed by atoms with van der Waals surface area (Å²) in [6.07, 6.45) is 5.09. The highest BCUT2D eigenvalue weighted by molar-refractivity contribution is 8.00. The first kappa shape index (κ1) is 9.90. The fourth-order valence-electron chi connectivity index (χ4n) is 1.71. The molecule has 1 aliphatic carbocycles. The topological polar surface area (TPSA) is 37.3 Å². The summed E-state index contributed by atoms with van der Waals surface area (Å²) in [7, 11) is 0. The van der Waals surface area contributed by atoms with Crippen LogP contribution in [0, 0.1) is 5.92 Å². The Morgan fingerprint density at radius 3 is 2.75 bits per heavy atom. The third-order valence-corrected chi connectivity index (χ3v) is 4.00. The minimum absolute atomic E-state index is 0.273. The largest absolute Gasteiger partial charge is 0.481 e. The highest BCUT2D eigenvalue weighted by Gasteiger charge is 2.21. The maximum atomic E-state index is 10.3. The Labute approximate surface area is 77.7 Å². The number of carboxylic acid groups (broad SMARTS) is 1. The average molecular weight is 188 g/mol. The molecule has 1 fully saturated rings. The second-order valence-corrected chi connectivity index (χ2v) is 4.73. The fraction of sp³-hybridized carbons (Fsp3) is 0.889. The quantitative estimate of drug-likeness (QED) is 0.739. The van der Waals surface area contributed by atoms with E-state index in [1.54, 1.807) is 11.8 Å². The van der Waals surface area contributed by atoms with E-state index in [-0.39, 0.29) is 5.75 Å². The zero-order chi connectivity index (χ0) is 8.97. The Balaban J connectivity index is 2.24. The number of thioether (sulfide) groups is 1. The Kier molecular flexibility index (Phi) is 3.92. The molecule has 2 unspecified atom stereocenters. The van der Waals surface area contributed by atoms with Gasteiger partial charge in [-0.15, -0.1) is 11.8 Å². The minimum atomic E-state index is -0.683. The molecule has 1 N–H and O–H groups in total. The van der Waals surface area contributed by atoms with Crippen molar-refractivity contribution in [1.29, 1.82) is 0 Å². The third-order valence-electron chi connectivity index (χ3n) is 2.45. The fourth-order valence-corrected chi connectivity index (χ4v) is 2.86. The number of carboxylic acids is 1. The molecule has 0 aromatic carbocycles. The second-order valence-electron chi connectivity index (χ2n) is 3.50. The van der Waals surface area contributed by atoms with E-state index in [2.05, 4.69) is 6.92 Å². The molecular formula is C9H16O2S. The van der Waals surface area contributed by atoms with E-state index in [1.165, 1.54) is 25.7 Å². The predicted octanol–water partition coefficient (Wildman–Crippen LogP) is 2.38. The molecule has 2 nitrogen and oxygen atoms in total. The zero-order valence-electron chi connectivity index (χ0n) is 7.45. The van der Waals surface area contributed by atoms with Gasteiger partial charge in [-0.1, -0.05) is 19.8 Å². The Morgan fingerprint density at radius 2 is 2.17 bits per heavy atom. The summed E-state index contributed by atoms with van der Waals surface area (Å²) in [4.78, 5) is 10.3. The summed E-state index contributed by atoms with van der Waals surface area (Å²) in [6.45, 7) is 2.23. The van der Waals surface area contributed by atoms with E-state index in [0.29, 0.717) is 11.2 Å². The van der Waals surface area contributed by atoms with E-state index in [0.717, 1.165) is 0 Å². The van der Waals surface area contributed by atoms with E-state index in [1.807, 2.05) is 0 Å². The maximum absolute atomic E-state index is 10.3. The normalized spacial score (nSPS) is 30.1. The van der Waals surface area contributed by atoms with Gasteiger partial charge in [0, 0.05) is 5.25 Å². The van der Waals surface area contributed by atoms with Gasteiger partial charge in [0.05, 0.1) is 5.75 Å². The van der Waals surface area contributed by atoms with Crippen molar-refractivity contribution in [2.75, 3.05) is 5.75 Å². The molecule has 12 heavy (non-hydrogen) atoms. The van der Waals surface area contributed by atoms with Crippen LogP contribution < -0.4 is 0 Å². The van der Waals surface area contributed by atoms with E-state index < -0.39 is 5.97 Å². The van der Waals surface area contributed by atoms with Gasteiger partial charge in [-0.3, -0.25) is 4.79 Å². The molecule has 0 aliphatic heterocycles. The molecule has 2 atom stereocenters. The molecule has 1 aliphatic rings. The van der Waals surface area contributed by atoms with Crippen molar-refractivity contribution in [2.45, 2.75) is 37.9 Å². The van der Waals surface area contributed by atoms with Crippen molar-refractivity contribution < 1.29 is 9.90 Å². The summed E-state index contributed by atoms with van der Waals surface area (Å²) in [5.41, 5.74) is 0. The zero-order valence-corrected chi connectivity index (χ0v) is 8.27. The van der Waals surface area contributed by atoms with Crippen LogP contribution in [0.2, 0.25) is 0 Å². The lowest BCUT2D eigenvalue weighted by atomic mass is 9.90. The van der Waals surface area contributed by atoms with Crippen LogP contribution >= 0.6 is 11.8 Å². The van der Waals surface area contributed by atoms with E-state index in [9.17, 15) is 4.79 Å². The summed E-state index contributed by atoms with van der Waals surface area (Å²) < 4.78 is 0. The monoisotopic (exact) mass is 188 g/mol. The van der Waals surface area contributed by atoms with Crippen molar-refractivity contribution >= 4 is 17.7 Å². The Morgan fingerprint density at radius 1 is 1.50 bits per heavy atom. The van der Waals surface area contributed by atoms with Crippen LogP contribution in [-0.4, -0.2) is 22.1 Å². The van der Waals surface area contributed by atoms with Gasteiger partial charge in [0.1, 0.15) is 0 Å². The first-order valence-electron chi connectivity index (χ1n) is 4.53. The second kappa shape index (κ2) is 4.75. The number of carbonyl (C=O) groups is 1. The Hall–Kier alpha value is -0.180. The van der Waals surface area contributed by atoms with E-state index >= 15 is 0 Å². The van der Waals surface area contributed by atoms with Gasteiger partial charge in [-0.05, 0) is 18.8 Å². The molecule has 1 rings (SSSR count). The first-order valence-corrected chi connectivity index (χ1v) is 5.58. The molecule has 0 aromatic rings. The summed E-state index contributed by atoms with van der Waals surface area (Å²) in [5.74, 6) is 0.301. The van der Waals surface area contributed by atoms with E-state index in [4.69, 9.17) is 5.11 Å². The highest BCUT2D eigenvalue weighted by Crippen LogP contribution is 2.32.